The molecule has 0 bridgehead atoms. The predicted octanol–water partition coefficient (Wildman–Crippen LogP) is 4.24. The number of ether oxygens (including phenoxy) is 1. The smallest absolute Gasteiger partial charge is 0.0949 e. The number of hydrogen-bond acceptors (Lipinski definition) is 2. The second-order valence-electron chi connectivity index (χ2n) is 7.13. The van der Waals surface area contributed by atoms with Gasteiger partial charge in [-0.1, -0.05) is 42.7 Å². The van der Waals surface area contributed by atoms with Crippen molar-refractivity contribution < 1.29 is 4.74 Å². The third-order valence-corrected chi connectivity index (χ3v) is 3.81. The van der Waals surface area contributed by atoms with Crippen LogP contribution in [0.1, 0.15) is 57.3 Å². The van der Waals surface area contributed by atoms with Crippen LogP contribution in [-0.2, 0) is 4.74 Å². The molecule has 1 saturated carbocycles. The highest BCUT2D eigenvalue weighted by atomic mass is 16.5. The molecule has 1 aromatic carbocycles. The summed E-state index contributed by atoms with van der Waals surface area (Å²) in [5, 5.41) is 3.56. The van der Waals surface area contributed by atoms with E-state index in [9.17, 15) is 0 Å². The third kappa shape index (κ3) is 5.64. The molecule has 1 aliphatic carbocycles. The van der Waals surface area contributed by atoms with Crippen molar-refractivity contribution in [3.05, 3.63) is 35.4 Å². The Kier molecular flexibility index (Phi) is 5.22. The van der Waals surface area contributed by atoms with Gasteiger partial charge in [-0.05, 0) is 45.6 Å². The fraction of sp³-hybridized carbons (Fsp3) is 0.667. The molecule has 0 heterocycles. The molecule has 1 fully saturated rings. The Bertz CT molecular complexity index is 400. The Morgan fingerprint density at radius 2 is 1.85 bits per heavy atom. The highest BCUT2D eigenvalue weighted by Crippen LogP contribution is 2.32. The first-order chi connectivity index (χ1) is 9.44. The molecule has 1 atom stereocenters. The molecule has 0 saturated heterocycles. The monoisotopic (exact) mass is 275 g/mol. The Morgan fingerprint density at radius 3 is 2.40 bits per heavy atom. The molecule has 1 unspecified atom stereocenters. The van der Waals surface area contributed by atoms with E-state index in [0.29, 0.717) is 0 Å². The average molecular weight is 275 g/mol. The standard InChI is InChI=1S/C18H29NO/c1-14-5-9-16(10-6-14)17(13-19-18(2,3)4)20-12-11-15-7-8-15/h5-6,9-10,15,17,19H,7-8,11-13H2,1-4H3. The van der Waals surface area contributed by atoms with E-state index in [4.69, 9.17) is 4.74 Å². The van der Waals surface area contributed by atoms with Crippen molar-refractivity contribution in [3.8, 4) is 0 Å². The van der Waals surface area contributed by atoms with Crippen LogP contribution in [0.15, 0.2) is 24.3 Å². The predicted molar refractivity (Wildman–Crippen MR) is 85.0 cm³/mol. The molecule has 0 spiro atoms. The van der Waals surface area contributed by atoms with Gasteiger partial charge in [0.2, 0.25) is 0 Å². The van der Waals surface area contributed by atoms with Gasteiger partial charge in [-0.2, -0.15) is 0 Å². The van der Waals surface area contributed by atoms with Crippen LogP contribution >= 0.6 is 0 Å². The second-order valence-corrected chi connectivity index (χ2v) is 7.13. The molecule has 1 aliphatic rings. The summed E-state index contributed by atoms with van der Waals surface area (Å²) in [7, 11) is 0. The van der Waals surface area contributed by atoms with E-state index < -0.39 is 0 Å². The lowest BCUT2D eigenvalue weighted by Gasteiger charge is -2.26. The van der Waals surface area contributed by atoms with Crippen molar-refractivity contribution >= 4 is 0 Å². The van der Waals surface area contributed by atoms with Gasteiger partial charge in [-0.3, -0.25) is 0 Å². The van der Waals surface area contributed by atoms with Gasteiger partial charge in [-0.25, -0.2) is 0 Å². The first-order valence-corrected chi connectivity index (χ1v) is 7.87. The van der Waals surface area contributed by atoms with E-state index in [2.05, 4.69) is 57.3 Å². The van der Waals surface area contributed by atoms with Crippen molar-refractivity contribution in [2.45, 2.75) is 58.6 Å². The molecule has 0 aliphatic heterocycles. The van der Waals surface area contributed by atoms with Crippen LogP contribution in [-0.4, -0.2) is 18.7 Å². The molecule has 1 aromatic rings. The SMILES string of the molecule is Cc1ccc(C(CNC(C)(C)C)OCCC2CC2)cc1. The highest BCUT2D eigenvalue weighted by molar-refractivity contribution is 5.23. The molecule has 2 heteroatoms. The normalized spacial score (nSPS) is 17.2. The number of nitrogens with one attached hydrogen (secondary N) is 1. The lowest BCUT2D eigenvalue weighted by atomic mass is 10.0. The summed E-state index contributed by atoms with van der Waals surface area (Å²) < 4.78 is 6.15. The zero-order chi connectivity index (χ0) is 14.6. The van der Waals surface area contributed by atoms with E-state index in [1.807, 2.05) is 0 Å². The molecule has 2 nitrogen and oxygen atoms in total. The number of aryl methyl sites for hydroxylation is 1. The van der Waals surface area contributed by atoms with Crippen molar-refractivity contribution in [1.29, 1.82) is 0 Å². The van der Waals surface area contributed by atoms with Crippen molar-refractivity contribution in [3.63, 3.8) is 0 Å². The van der Waals surface area contributed by atoms with Gasteiger partial charge in [0, 0.05) is 18.7 Å². The Balaban J connectivity index is 1.92. The number of hydrogen-bond donors (Lipinski definition) is 1. The van der Waals surface area contributed by atoms with Crippen LogP contribution in [0, 0.1) is 12.8 Å². The van der Waals surface area contributed by atoms with Crippen LogP contribution in [0.5, 0.6) is 0 Å². The van der Waals surface area contributed by atoms with Gasteiger partial charge in [0.1, 0.15) is 0 Å². The topological polar surface area (TPSA) is 21.3 Å². The quantitative estimate of drug-likeness (QED) is 0.803. The van der Waals surface area contributed by atoms with E-state index in [1.165, 1.54) is 30.4 Å². The molecule has 20 heavy (non-hydrogen) atoms. The maximum Gasteiger partial charge on any atom is 0.0949 e. The summed E-state index contributed by atoms with van der Waals surface area (Å²) in [6.07, 6.45) is 4.18. The van der Waals surface area contributed by atoms with Crippen LogP contribution in [0.3, 0.4) is 0 Å². The van der Waals surface area contributed by atoms with Gasteiger partial charge in [-0.15, -0.1) is 0 Å². The average Bonchev–Trinajstić information content (AvgIpc) is 3.18. The summed E-state index contributed by atoms with van der Waals surface area (Å²) in [6, 6.07) is 8.73. The number of rotatable bonds is 7. The molecular formula is C18H29NO. The maximum absolute atomic E-state index is 6.15. The minimum Gasteiger partial charge on any atom is -0.372 e. The molecule has 2 rings (SSSR count). The van der Waals surface area contributed by atoms with E-state index >= 15 is 0 Å². The third-order valence-electron chi connectivity index (χ3n) is 3.81. The van der Waals surface area contributed by atoms with E-state index in [0.717, 1.165) is 19.1 Å². The lowest BCUT2D eigenvalue weighted by Crippen LogP contribution is -2.39. The zero-order valence-electron chi connectivity index (χ0n) is 13.4. The Morgan fingerprint density at radius 1 is 1.20 bits per heavy atom. The van der Waals surface area contributed by atoms with Gasteiger partial charge < -0.3 is 10.1 Å². The molecular weight excluding hydrogens is 246 g/mol. The molecule has 0 aromatic heterocycles. The lowest BCUT2D eigenvalue weighted by molar-refractivity contribution is 0.0444. The van der Waals surface area contributed by atoms with Gasteiger partial charge in [0.15, 0.2) is 0 Å². The summed E-state index contributed by atoms with van der Waals surface area (Å²) >= 11 is 0. The Hall–Kier alpha value is -0.860. The zero-order valence-corrected chi connectivity index (χ0v) is 13.4. The fourth-order valence-electron chi connectivity index (χ4n) is 2.24. The van der Waals surface area contributed by atoms with Crippen LogP contribution in [0.2, 0.25) is 0 Å². The second kappa shape index (κ2) is 6.73. The number of benzene rings is 1. The summed E-state index contributed by atoms with van der Waals surface area (Å²) in [5.41, 5.74) is 2.71. The summed E-state index contributed by atoms with van der Waals surface area (Å²) in [4.78, 5) is 0. The fourth-order valence-corrected chi connectivity index (χ4v) is 2.24. The van der Waals surface area contributed by atoms with Crippen LogP contribution < -0.4 is 5.32 Å². The minimum absolute atomic E-state index is 0.128. The molecule has 0 radical (unpaired) electrons. The Labute approximate surface area is 123 Å². The molecule has 0 amide bonds. The summed E-state index contributed by atoms with van der Waals surface area (Å²) in [6.45, 7) is 10.5. The molecule has 112 valence electrons. The molecule has 1 N–H and O–H groups in total. The van der Waals surface area contributed by atoms with Gasteiger partial charge in [0.05, 0.1) is 6.10 Å². The minimum atomic E-state index is 0.128. The first kappa shape index (κ1) is 15.5. The van der Waals surface area contributed by atoms with Crippen LogP contribution in [0.25, 0.3) is 0 Å². The first-order valence-electron chi connectivity index (χ1n) is 7.87. The van der Waals surface area contributed by atoms with E-state index in [1.54, 1.807) is 0 Å². The van der Waals surface area contributed by atoms with E-state index in [-0.39, 0.29) is 11.6 Å². The van der Waals surface area contributed by atoms with Crippen LogP contribution in [0.4, 0.5) is 0 Å². The van der Waals surface area contributed by atoms with Gasteiger partial charge in [0.25, 0.3) is 0 Å². The summed E-state index contributed by atoms with van der Waals surface area (Å²) in [5.74, 6) is 0.934. The van der Waals surface area contributed by atoms with Crippen molar-refractivity contribution in [1.82, 2.24) is 5.32 Å². The maximum atomic E-state index is 6.15. The van der Waals surface area contributed by atoms with Crippen molar-refractivity contribution in [2.75, 3.05) is 13.2 Å². The van der Waals surface area contributed by atoms with Gasteiger partial charge >= 0.3 is 0 Å². The van der Waals surface area contributed by atoms with Crippen molar-refractivity contribution in [2.24, 2.45) is 5.92 Å². The largest absolute Gasteiger partial charge is 0.372 e. The highest BCUT2D eigenvalue weighted by Gasteiger charge is 2.22.